The maximum absolute atomic E-state index is 11.6. The van der Waals surface area contributed by atoms with Crippen LogP contribution in [0.2, 0.25) is 0 Å². The number of aliphatic carboxylic acids is 1. The molecular formula is C13H20N2O2S2. The predicted molar refractivity (Wildman–Crippen MR) is 78.9 cm³/mol. The zero-order valence-corrected chi connectivity index (χ0v) is 12.7. The Kier molecular flexibility index (Phi) is 5.24. The number of carbonyl (C=O) groups is 1. The largest absolute Gasteiger partial charge is 0.480 e. The third-order valence-electron chi connectivity index (χ3n) is 3.51. The Hall–Kier alpha value is -0.590. The van der Waals surface area contributed by atoms with Crippen LogP contribution >= 0.6 is 23.1 Å². The van der Waals surface area contributed by atoms with Crippen LogP contribution in [0.5, 0.6) is 0 Å². The van der Waals surface area contributed by atoms with Crippen LogP contribution in [-0.4, -0.2) is 33.4 Å². The summed E-state index contributed by atoms with van der Waals surface area (Å²) < 4.78 is 1.04. The van der Waals surface area contributed by atoms with Gasteiger partial charge in [-0.3, -0.25) is 4.79 Å². The normalized spacial score (nSPS) is 27.3. The highest BCUT2D eigenvalue weighted by atomic mass is 32.2. The highest BCUT2D eigenvalue weighted by molar-refractivity contribution is 8.01. The average molecular weight is 300 g/mol. The van der Waals surface area contributed by atoms with Gasteiger partial charge in [-0.2, -0.15) is 0 Å². The lowest BCUT2D eigenvalue weighted by Crippen LogP contribution is -2.55. The first-order chi connectivity index (χ1) is 9.16. The molecule has 1 aliphatic carbocycles. The number of rotatable bonds is 6. The smallest absolute Gasteiger partial charge is 0.323 e. The maximum atomic E-state index is 11.6. The lowest BCUT2D eigenvalue weighted by molar-refractivity contribution is -0.146. The molecule has 1 fully saturated rings. The summed E-state index contributed by atoms with van der Waals surface area (Å²) in [7, 11) is 0. The molecule has 19 heavy (non-hydrogen) atoms. The summed E-state index contributed by atoms with van der Waals surface area (Å²) in [6.45, 7) is 2.83. The number of hydrogen-bond acceptors (Lipinski definition) is 5. The van der Waals surface area contributed by atoms with Gasteiger partial charge in [0.25, 0.3) is 0 Å². The Morgan fingerprint density at radius 3 is 3.21 bits per heavy atom. The van der Waals surface area contributed by atoms with E-state index in [4.69, 9.17) is 0 Å². The fourth-order valence-electron chi connectivity index (χ4n) is 2.53. The van der Waals surface area contributed by atoms with Gasteiger partial charge in [0.2, 0.25) is 0 Å². The molecule has 1 heterocycles. The molecule has 2 unspecified atom stereocenters. The number of nitrogens with zero attached hydrogens (tertiary/aromatic N) is 1. The number of carboxylic acids is 1. The highest BCUT2D eigenvalue weighted by Crippen LogP contribution is 2.39. The van der Waals surface area contributed by atoms with E-state index in [0.717, 1.165) is 36.6 Å². The number of hydrogen-bond donors (Lipinski definition) is 2. The number of thiazole rings is 1. The molecule has 2 atom stereocenters. The van der Waals surface area contributed by atoms with Crippen molar-refractivity contribution in [3.05, 3.63) is 11.6 Å². The van der Waals surface area contributed by atoms with E-state index in [1.54, 1.807) is 29.3 Å². The summed E-state index contributed by atoms with van der Waals surface area (Å²) in [4.78, 5) is 15.9. The first-order valence-corrected chi connectivity index (χ1v) is 8.47. The molecule has 1 aromatic heterocycles. The molecule has 0 saturated heterocycles. The van der Waals surface area contributed by atoms with E-state index >= 15 is 0 Å². The zero-order chi connectivity index (χ0) is 13.7. The van der Waals surface area contributed by atoms with Crippen molar-refractivity contribution in [2.75, 3.05) is 6.54 Å². The molecule has 106 valence electrons. The Bertz CT molecular complexity index is 411. The first kappa shape index (κ1) is 14.8. The van der Waals surface area contributed by atoms with Crippen molar-refractivity contribution in [3.63, 3.8) is 0 Å². The molecule has 1 aliphatic rings. The molecule has 1 aromatic rings. The van der Waals surface area contributed by atoms with Gasteiger partial charge in [-0.1, -0.05) is 18.7 Å². The third-order valence-corrected chi connectivity index (χ3v) is 5.69. The number of aromatic nitrogens is 1. The zero-order valence-electron chi connectivity index (χ0n) is 11.1. The Labute approximate surface area is 122 Å². The van der Waals surface area contributed by atoms with E-state index in [2.05, 4.69) is 17.2 Å². The number of thioether (sulfide) groups is 1. The van der Waals surface area contributed by atoms with E-state index in [9.17, 15) is 9.90 Å². The standard InChI is InChI=1S/C13H20N2O2S2/c1-2-6-15-13(11(16)17)5-3-4-10(9-13)19-12-14-7-8-18-12/h7-8,10,15H,2-6,9H2,1H3,(H,16,17). The minimum atomic E-state index is -0.733. The third kappa shape index (κ3) is 3.70. The van der Waals surface area contributed by atoms with Crippen LogP contribution in [0.4, 0.5) is 0 Å². The minimum absolute atomic E-state index is 0.348. The van der Waals surface area contributed by atoms with Gasteiger partial charge in [0.15, 0.2) is 0 Å². The van der Waals surface area contributed by atoms with E-state index in [1.165, 1.54) is 0 Å². The molecule has 0 amide bonds. The fraction of sp³-hybridized carbons (Fsp3) is 0.692. The Morgan fingerprint density at radius 2 is 2.58 bits per heavy atom. The van der Waals surface area contributed by atoms with Gasteiger partial charge in [-0.15, -0.1) is 11.3 Å². The van der Waals surface area contributed by atoms with Crippen molar-refractivity contribution < 1.29 is 9.90 Å². The quantitative estimate of drug-likeness (QED) is 0.845. The molecule has 0 aliphatic heterocycles. The second-order valence-corrected chi connectivity index (χ2v) is 7.39. The molecule has 4 nitrogen and oxygen atoms in total. The summed E-state index contributed by atoms with van der Waals surface area (Å²) in [6.07, 6.45) is 6.22. The summed E-state index contributed by atoms with van der Waals surface area (Å²) >= 11 is 3.36. The molecule has 2 N–H and O–H groups in total. The summed E-state index contributed by atoms with van der Waals surface area (Å²) in [5, 5.41) is 15.1. The number of nitrogens with one attached hydrogen (secondary N) is 1. The van der Waals surface area contributed by atoms with Gasteiger partial charge in [0.1, 0.15) is 9.88 Å². The predicted octanol–water partition coefficient (Wildman–Crippen LogP) is 3.00. The average Bonchev–Trinajstić information content (AvgIpc) is 2.89. The van der Waals surface area contributed by atoms with Crippen LogP contribution in [0.1, 0.15) is 39.0 Å². The second-order valence-electron chi connectivity index (χ2n) is 4.95. The monoisotopic (exact) mass is 300 g/mol. The van der Waals surface area contributed by atoms with Crippen molar-refractivity contribution in [1.29, 1.82) is 0 Å². The second kappa shape index (κ2) is 6.72. The van der Waals surface area contributed by atoms with Gasteiger partial charge in [0, 0.05) is 16.8 Å². The van der Waals surface area contributed by atoms with Gasteiger partial charge >= 0.3 is 5.97 Å². The summed E-state index contributed by atoms with van der Waals surface area (Å²) in [5.74, 6) is -0.703. The molecular weight excluding hydrogens is 280 g/mol. The van der Waals surface area contributed by atoms with Gasteiger partial charge in [-0.05, 0) is 38.6 Å². The van der Waals surface area contributed by atoms with E-state index in [1.807, 2.05) is 5.38 Å². The lowest BCUT2D eigenvalue weighted by Gasteiger charge is -2.37. The van der Waals surface area contributed by atoms with Gasteiger partial charge < -0.3 is 10.4 Å². The minimum Gasteiger partial charge on any atom is -0.480 e. The molecule has 0 spiro atoms. The van der Waals surface area contributed by atoms with Crippen molar-refractivity contribution in [2.24, 2.45) is 0 Å². The highest BCUT2D eigenvalue weighted by Gasteiger charge is 2.42. The van der Waals surface area contributed by atoms with Crippen molar-refractivity contribution in [1.82, 2.24) is 10.3 Å². The van der Waals surface area contributed by atoms with E-state index in [0.29, 0.717) is 11.7 Å². The Balaban J connectivity index is 2.02. The van der Waals surface area contributed by atoms with Crippen molar-refractivity contribution >= 4 is 29.1 Å². The molecule has 0 radical (unpaired) electrons. The molecule has 1 saturated carbocycles. The summed E-state index contributed by atoms with van der Waals surface area (Å²) in [6, 6.07) is 0. The molecule has 0 bridgehead atoms. The van der Waals surface area contributed by atoms with Crippen LogP contribution in [0.3, 0.4) is 0 Å². The fourth-order valence-corrected chi connectivity index (χ4v) is 4.75. The van der Waals surface area contributed by atoms with Crippen LogP contribution < -0.4 is 5.32 Å². The molecule has 2 rings (SSSR count). The van der Waals surface area contributed by atoms with Crippen LogP contribution in [-0.2, 0) is 4.79 Å². The first-order valence-electron chi connectivity index (χ1n) is 6.71. The maximum Gasteiger partial charge on any atom is 0.323 e. The van der Waals surface area contributed by atoms with E-state index < -0.39 is 11.5 Å². The Morgan fingerprint density at radius 1 is 1.74 bits per heavy atom. The lowest BCUT2D eigenvalue weighted by atomic mass is 9.81. The van der Waals surface area contributed by atoms with E-state index in [-0.39, 0.29) is 0 Å². The molecule has 6 heteroatoms. The van der Waals surface area contributed by atoms with Gasteiger partial charge in [0.05, 0.1) is 0 Å². The molecule has 0 aromatic carbocycles. The van der Waals surface area contributed by atoms with Gasteiger partial charge in [-0.25, -0.2) is 4.98 Å². The number of carboxylic acid groups (broad SMARTS) is 1. The topological polar surface area (TPSA) is 62.2 Å². The van der Waals surface area contributed by atoms with Crippen LogP contribution in [0.15, 0.2) is 15.9 Å². The summed E-state index contributed by atoms with van der Waals surface area (Å²) in [5.41, 5.74) is -0.733. The van der Waals surface area contributed by atoms with Crippen LogP contribution in [0.25, 0.3) is 0 Å². The van der Waals surface area contributed by atoms with Crippen molar-refractivity contribution in [2.45, 2.75) is 54.2 Å². The van der Waals surface area contributed by atoms with Crippen molar-refractivity contribution in [3.8, 4) is 0 Å². The van der Waals surface area contributed by atoms with Crippen LogP contribution in [0, 0.1) is 0 Å². The SMILES string of the molecule is CCCNC1(C(=O)O)CCCC(Sc2nccs2)C1.